The third kappa shape index (κ3) is 4.41. The minimum Gasteiger partial charge on any atom is -0.507 e. The molecule has 4 rings (SSSR count). The first kappa shape index (κ1) is 23.2. The summed E-state index contributed by atoms with van der Waals surface area (Å²) in [5.41, 5.74) is 2.73. The van der Waals surface area contributed by atoms with Gasteiger partial charge in [-0.25, -0.2) is 4.39 Å². The Morgan fingerprint density at radius 3 is 2.29 bits per heavy atom. The molecule has 1 aromatic heterocycles. The molecule has 1 fully saturated rings. The second-order valence-electron chi connectivity index (χ2n) is 8.06. The van der Waals surface area contributed by atoms with E-state index in [1.165, 1.54) is 29.2 Å². The van der Waals surface area contributed by atoms with Crippen LogP contribution in [0.1, 0.15) is 36.6 Å². The predicted molar refractivity (Wildman–Crippen MR) is 128 cm³/mol. The summed E-state index contributed by atoms with van der Waals surface area (Å²) in [4.78, 5) is 34.0. The Labute approximate surface area is 198 Å². The van der Waals surface area contributed by atoms with E-state index >= 15 is 0 Å². The lowest BCUT2D eigenvalue weighted by molar-refractivity contribution is -0.140. The normalized spacial score (nSPS) is 17.3. The molecule has 0 spiro atoms. The molecular formula is C27H26FN3O3. The minimum atomic E-state index is -0.795. The molecular weight excluding hydrogens is 433 g/mol. The number of anilines is 1. The van der Waals surface area contributed by atoms with Gasteiger partial charge in [-0.15, -0.1) is 0 Å². The smallest absolute Gasteiger partial charge is 0.295 e. The van der Waals surface area contributed by atoms with Crippen molar-refractivity contribution in [2.24, 2.45) is 0 Å². The fourth-order valence-electron chi connectivity index (χ4n) is 4.30. The molecule has 1 aliphatic heterocycles. The maximum Gasteiger partial charge on any atom is 0.295 e. The van der Waals surface area contributed by atoms with Crippen molar-refractivity contribution in [1.82, 2.24) is 9.88 Å². The van der Waals surface area contributed by atoms with Gasteiger partial charge in [0.05, 0.1) is 11.6 Å². The average Bonchev–Trinajstić information content (AvgIpc) is 3.11. The number of Topliss-reactive ketones (excluding diaryl/α,β-unsaturated/α-hetero) is 1. The SMILES string of the molecule is CCN(CC)c1ccc(C2/C(=C(/O)c3ccc(F)cc3)C(=O)C(=O)N2Cc2cccnc2)cc1. The predicted octanol–water partition coefficient (Wildman–Crippen LogP) is 4.69. The number of ketones is 1. The Balaban J connectivity index is 1.82. The van der Waals surface area contributed by atoms with E-state index < -0.39 is 23.5 Å². The molecule has 3 aromatic rings. The van der Waals surface area contributed by atoms with Crippen molar-refractivity contribution < 1.29 is 19.1 Å². The highest BCUT2D eigenvalue weighted by Gasteiger charge is 2.46. The minimum absolute atomic E-state index is 0.0175. The molecule has 1 aliphatic rings. The number of halogens is 1. The van der Waals surface area contributed by atoms with E-state index in [4.69, 9.17) is 0 Å². The van der Waals surface area contributed by atoms with Crippen molar-refractivity contribution in [3.05, 3.63) is 101 Å². The second-order valence-corrected chi connectivity index (χ2v) is 8.06. The number of hydrogen-bond acceptors (Lipinski definition) is 5. The maximum absolute atomic E-state index is 13.4. The average molecular weight is 460 g/mol. The van der Waals surface area contributed by atoms with Gasteiger partial charge >= 0.3 is 0 Å². The lowest BCUT2D eigenvalue weighted by atomic mass is 9.95. The van der Waals surface area contributed by atoms with Crippen LogP contribution < -0.4 is 4.90 Å². The molecule has 6 nitrogen and oxygen atoms in total. The maximum atomic E-state index is 13.4. The van der Waals surface area contributed by atoms with Crippen molar-refractivity contribution in [2.75, 3.05) is 18.0 Å². The van der Waals surface area contributed by atoms with Crippen molar-refractivity contribution in [1.29, 1.82) is 0 Å². The molecule has 2 heterocycles. The Hall–Kier alpha value is -4.00. The monoisotopic (exact) mass is 459 g/mol. The highest BCUT2D eigenvalue weighted by molar-refractivity contribution is 6.46. The fraction of sp³-hybridized carbons (Fsp3) is 0.222. The first-order valence-electron chi connectivity index (χ1n) is 11.2. The molecule has 7 heteroatoms. The number of carbonyl (C=O) groups is 2. The largest absolute Gasteiger partial charge is 0.507 e. The molecule has 34 heavy (non-hydrogen) atoms. The van der Waals surface area contributed by atoms with Crippen molar-refractivity contribution in [2.45, 2.75) is 26.4 Å². The zero-order chi connectivity index (χ0) is 24.2. The topological polar surface area (TPSA) is 73.7 Å². The number of carbonyl (C=O) groups excluding carboxylic acids is 2. The summed E-state index contributed by atoms with van der Waals surface area (Å²) in [7, 11) is 0. The van der Waals surface area contributed by atoms with E-state index in [0.717, 1.165) is 24.3 Å². The number of aliphatic hydroxyl groups excluding tert-OH is 1. The van der Waals surface area contributed by atoms with Crippen LogP contribution in [-0.4, -0.2) is 39.8 Å². The summed E-state index contributed by atoms with van der Waals surface area (Å²) < 4.78 is 13.4. The molecule has 1 N–H and O–H groups in total. The Morgan fingerprint density at radius 1 is 1.03 bits per heavy atom. The highest BCUT2D eigenvalue weighted by Crippen LogP contribution is 2.40. The van der Waals surface area contributed by atoms with E-state index in [1.54, 1.807) is 18.5 Å². The van der Waals surface area contributed by atoms with Crippen LogP contribution >= 0.6 is 0 Å². The number of nitrogens with zero attached hydrogens (tertiary/aromatic N) is 3. The van der Waals surface area contributed by atoms with Gasteiger partial charge in [0.25, 0.3) is 11.7 Å². The Bertz CT molecular complexity index is 1200. The molecule has 0 bridgehead atoms. The number of aliphatic hydroxyl groups is 1. The molecule has 1 atom stereocenters. The van der Waals surface area contributed by atoms with Crippen LogP contribution in [0.15, 0.2) is 78.6 Å². The Morgan fingerprint density at radius 2 is 1.71 bits per heavy atom. The number of benzene rings is 2. The lowest BCUT2D eigenvalue weighted by Gasteiger charge is -2.26. The van der Waals surface area contributed by atoms with Gasteiger partial charge in [0, 0.05) is 43.3 Å². The van der Waals surface area contributed by atoms with Gasteiger partial charge in [-0.1, -0.05) is 18.2 Å². The zero-order valence-corrected chi connectivity index (χ0v) is 19.1. The van der Waals surface area contributed by atoms with Crippen molar-refractivity contribution in [3.8, 4) is 0 Å². The van der Waals surface area contributed by atoms with Gasteiger partial charge in [0.15, 0.2) is 0 Å². The first-order chi connectivity index (χ1) is 16.4. The number of likely N-dealkylation sites (tertiary alicyclic amines) is 1. The number of amides is 1. The summed E-state index contributed by atoms with van der Waals surface area (Å²) in [6.45, 7) is 5.99. The van der Waals surface area contributed by atoms with Crippen LogP contribution in [0, 0.1) is 5.82 Å². The van der Waals surface area contributed by atoms with Crippen LogP contribution in [0.4, 0.5) is 10.1 Å². The quantitative estimate of drug-likeness (QED) is 0.315. The van der Waals surface area contributed by atoms with Crippen LogP contribution in [0.25, 0.3) is 5.76 Å². The van der Waals surface area contributed by atoms with Gasteiger partial charge in [0.1, 0.15) is 11.6 Å². The molecule has 0 aliphatic carbocycles. The number of hydrogen-bond donors (Lipinski definition) is 1. The third-order valence-electron chi connectivity index (χ3n) is 6.07. The van der Waals surface area contributed by atoms with Gasteiger partial charge in [-0.05, 0) is 67.4 Å². The Kier molecular flexibility index (Phi) is 6.72. The summed E-state index contributed by atoms with van der Waals surface area (Å²) >= 11 is 0. The van der Waals surface area contributed by atoms with E-state index in [2.05, 4.69) is 23.7 Å². The van der Waals surface area contributed by atoms with Gasteiger partial charge < -0.3 is 14.9 Å². The zero-order valence-electron chi connectivity index (χ0n) is 19.1. The molecule has 174 valence electrons. The van der Waals surface area contributed by atoms with Gasteiger partial charge in [0.2, 0.25) is 0 Å². The van der Waals surface area contributed by atoms with E-state index in [1.807, 2.05) is 30.3 Å². The van der Waals surface area contributed by atoms with Crippen LogP contribution in [0.2, 0.25) is 0 Å². The van der Waals surface area contributed by atoms with E-state index in [9.17, 15) is 19.1 Å². The summed E-state index contributed by atoms with van der Waals surface area (Å²) in [6, 6.07) is 15.6. The van der Waals surface area contributed by atoms with E-state index in [-0.39, 0.29) is 23.4 Å². The van der Waals surface area contributed by atoms with Crippen molar-refractivity contribution in [3.63, 3.8) is 0 Å². The summed E-state index contributed by atoms with van der Waals surface area (Å²) in [5, 5.41) is 11.1. The molecule has 1 amide bonds. The summed E-state index contributed by atoms with van der Waals surface area (Å²) in [5.74, 6) is -2.27. The molecule has 0 radical (unpaired) electrons. The van der Waals surface area contributed by atoms with Crippen LogP contribution in [0.5, 0.6) is 0 Å². The third-order valence-corrected chi connectivity index (χ3v) is 6.07. The van der Waals surface area contributed by atoms with Crippen molar-refractivity contribution >= 4 is 23.1 Å². The van der Waals surface area contributed by atoms with E-state index in [0.29, 0.717) is 5.56 Å². The number of pyridine rings is 1. The number of rotatable bonds is 7. The van der Waals surface area contributed by atoms with Gasteiger partial charge in [-0.3, -0.25) is 14.6 Å². The molecule has 2 aromatic carbocycles. The number of aromatic nitrogens is 1. The molecule has 1 saturated heterocycles. The molecule has 0 saturated carbocycles. The summed E-state index contributed by atoms with van der Waals surface area (Å²) in [6.07, 6.45) is 3.27. The first-order valence-corrected chi connectivity index (χ1v) is 11.2. The van der Waals surface area contributed by atoms with Gasteiger partial charge in [-0.2, -0.15) is 0 Å². The second kappa shape index (κ2) is 9.87. The standard InChI is InChI=1S/C27H26FN3O3/c1-3-30(4-2)22-13-9-19(10-14-22)24-23(25(32)20-7-11-21(28)12-8-20)26(33)27(34)31(24)17-18-6-5-15-29-16-18/h5-16,24,32H,3-4,17H2,1-2H3/b25-23-. The van der Waals surface area contributed by atoms with Crippen LogP contribution in [-0.2, 0) is 16.1 Å². The fourth-order valence-corrected chi connectivity index (χ4v) is 4.30. The molecule has 1 unspecified atom stereocenters. The van der Waals surface area contributed by atoms with Crippen LogP contribution in [0.3, 0.4) is 0 Å². The lowest BCUT2D eigenvalue weighted by Crippen LogP contribution is -2.29. The highest BCUT2D eigenvalue weighted by atomic mass is 19.1.